The van der Waals surface area contributed by atoms with Gasteiger partial charge in [0.1, 0.15) is 5.82 Å². The molecule has 2 aromatic rings. The van der Waals surface area contributed by atoms with Crippen LogP contribution < -0.4 is 21.5 Å². The van der Waals surface area contributed by atoms with Crippen molar-refractivity contribution in [2.45, 2.75) is 26.2 Å². The molecule has 3 rings (SSSR count). The first-order chi connectivity index (χ1) is 12.9. The number of nitrogens with one attached hydrogen (secondary N) is 1. The van der Waals surface area contributed by atoms with E-state index in [1.165, 1.54) is 23.2 Å². The number of carbonyl (C=O) groups excluding carboxylic acids is 1. The Bertz CT molecular complexity index is 960. The van der Waals surface area contributed by atoms with E-state index in [-0.39, 0.29) is 23.1 Å². The summed E-state index contributed by atoms with van der Waals surface area (Å²) in [6.45, 7) is 3.28. The molecule has 144 valence electrons. The largest absolute Gasteiger partial charge is 0.357 e. The van der Waals surface area contributed by atoms with Crippen LogP contribution in [0.2, 0.25) is 0 Å². The van der Waals surface area contributed by atoms with E-state index in [2.05, 4.69) is 12.2 Å². The van der Waals surface area contributed by atoms with Gasteiger partial charge in [-0.05, 0) is 37.0 Å². The molecule has 1 aliphatic heterocycles. The molecule has 1 N–H and O–H groups in total. The van der Waals surface area contributed by atoms with E-state index < -0.39 is 0 Å². The molecule has 0 spiro atoms. The topological polar surface area (TPSA) is 76.3 Å². The van der Waals surface area contributed by atoms with E-state index in [0.717, 1.165) is 36.1 Å². The first-order valence-corrected chi connectivity index (χ1v) is 9.32. The molecule has 1 fully saturated rings. The molecule has 0 radical (unpaired) electrons. The lowest BCUT2D eigenvalue weighted by molar-refractivity contribution is -0.120. The van der Waals surface area contributed by atoms with Gasteiger partial charge in [-0.1, -0.05) is 19.1 Å². The maximum absolute atomic E-state index is 12.7. The second-order valence-corrected chi connectivity index (χ2v) is 7.07. The lowest BCUT2D eigenvalue weighted by Gasteiger charge is -2.34. The number of benzene rings is 1. The van der Waals surface area contributed by atoms with Crippen LogP contribution in [0.5, 0.6) is 0 Å². The van der Waals surface area contributed by atoms with Gasteiger partial charge in [-0.3, -0.25) is 18.7 Å². The van der Waals surface area contributed by atoms with Crippen LogP contribution in [0.15, 0.2) is 39.9 Å². The SMILES string of the molecule is CCc1cccc(NC(=O)[C@H]2CCCN(c3cc(=O)n(C)c(=O)n3C)C2)c1. The normalized spacial score (nSPS) is 17.0. The Labute approximate surface area is 158 Å². The number of aryl methyl sites for hydroxylation is 1. The highest BCUT2D eigenvalue weighted by Gasteiger charge is 2.27. The van der Waals surface area contributed by atoms with Gasteiger partial charge in [-0.15, -0.1) is 0 Å². The van der Waals surface area contributed by atoms with Crippen LogP contribution in [0.25, 0.3) is 0 Å². The third kappa shape index (κ3) is 3.97. The summed E-state index contributed by atoms with van der Waals surface area (Å²) in [5, 5.41) is 3.00. The van der Waals surface area contributed by atoms with Gasteiger partial charge in [0.15, 0.2) is 0 Å². The van der Waals surface area contributed by atoms with Gasteiger partial charge in [0.25, 0.3) is 5.56 Å². The summed E-state index contributed by atoms with van der Waals surface area (Å²) in [6, 6.07) is 9.32. The average Bonchev–Trinajstić information content (AvgIpc) is 2.69. The van der Waals surface area contributed by atoms with Crippen LogP contribution in [-0.4, -0.2) is 28.1 Å². The van der Waals surface area contributed by atoms with Gasteiger partial charge in [0, 0.05) is 38.9 Å². The number of anilines is 2. The molecule has 1 aromatic heterocycles. The maximum atomic E-state index is 12.7. The third-order valence-corrected chi connectivity index (χ3v) is 5.22. The van der Waals surface area contributed by atoms with E-state index in [1.807, 2.05) is 29.2 Å². The summed E-state index contributed by atoms with van der Waals surface area (Å²) in [4.78, 5) is 38.9. The number of piperidine rings is 1. The fraction of sp³-hybridized carbons (Fsp3) is 0.450. The van der Waals surface area contributed by atoms with Crippen molar-refractivity contribution in [2.24, 2.45) is 20.0 Å². The van der Waals surface area contributed by atoms with E-state index in [9.17, 15) is 14.4 Å². The molecule has 1 saturated heterocycles. The van der Waals surface area contributed by atoms with E-state index in [0.29, 0.717) is 12.4 Å². The number of hydrogen-bond acceptors (Lipinski definition) is 4. The van der Waals surface area contributed by atoms with Crippen molar-refractivity contribution in [1.29, 1.82) is 0 Å². The molecule has 1 atom stereocenters. The van der Waals surface area contributed by atoms with E-state index in [4.69, 9.17) is 0 Å². The first kappa shape index (κ1) is 18.9. The Morgan fingerprint density at radius 1 is 1.19 bits per heavy atom. The number of hydrogen-bond donors (Lipinski definition) is 1. The van der Waals surface area contributed by atoms with Crippen LogP contribution in [0.3, 0.4) is 0 Å². The summed E-state index contributed by atoms with van der Waals surface area (Å²) in [7, 11) is 3.11. The van der Waals surface area contributed by atoms with Gasteiger partial charge in [0.2, 0.25) is 5.91 Å². The molecule has 0 saturated carbocycles. The maximum Gasteiger partial charge on any atom is 0.332 e. The molecule has 0 bridgehead atoms. The molecule has 2 heterocycles. The first-order valence-electron chi connectivity index (χ1n) is 9.32. The highest BCUT2D eigenvalue weighted by Crippen LogP contribution is 2.23. The van der Waals surface area contributed by atoms with E-state index in [1.54, 1.807) is 7.05 Å². The van der Waals surface area contributed by atoms with Crippen LogP contribution in [0, 0.1) is 5.92 Å². The molecule has 0 aliphatic carbocycles. The summed E-state index contributed by atoms with van der Waals surface area (Å²) >= 11 is 0. The van der Waals surface area contributed by atoms with Gasteiger partial charge in [-0.25, -0.2) is 4.79 Å². The Morgan fingerprint density at radius 2 is 1.96 bits per heavy atom. The fourth-order valence-corrected chi connectivity index (χ4v) is 3.54. The molecule has 7 nitrogen and oxygen atoms in total. The number of aromatic nitrogens is 2. The predicted molar refractivity (Wildman–Crippen MR) is 106 cm³/mol. The predicted octanol–water partition coefficient (Wildman–Crippen LogP) is 1.50. The lowest BCUT2D eigenvalue weighted by atomic mass is 9.97. The smallest absolute Gasteiger partial charge is 0.332 e. The van der Waals surface area contributed by atoms with Crippen molar-refractivity contribution in [3.05, 3.63) is 56.7 Å². The zero-order valence-electron chi connectivity index (χ0n) is 16.1. The lowest BCUT2D eigenvalue weighted by Crippen LogP contribution is -2.45. The third-order valence-electron chi connectivity index (χ3n) is 5.22. The van der Waals surface area contributed by atoms with Gasteiger partial charge in [0.05, 0.1) is 5.92 Å². The van der Waals surface area contributed by atoms with Gasteiger partial charge >= 0.3 is 5.69 Å². The Morgan fingerprint density at radius 3 is 2.70 bits per heavy atom. The standard InChI is InChI=1S/C20H26N4O3/c1-4-14-7-5-9-16(11-14)21-19(26)15-8-6-10-24(13-15)17-12-18(25)23(3)20(27)22(17)2/h5,7,9,11-12,15H,4,6,8,10,13H2,1-3H3,(H,21,26)/t15-/m0/s1. The molecular weight excluding hydrogens is 344 g/mol. The highest BCUT2D eigenvalue weighted by atomic mass is 16.2. The molecule has 27 heavy (non-hydrogen) atoms. The zero-order chi connectivity index (χ0) is 19.6. The van der Waals surface area contributed by atoms with Crippen LogP contribution in [0.4, 0.5) is 11.5 Å². The summed E-state index contributed by atoms with van der Waals surface area (Å²) in [5.41, 5.74) is 1.28. The van der Waals surface area contributed by atoms with Crippen LogP contribution in [0.1, 0.15) is 25.3 Å². The average molecular weight is 370 g/mol. The van der Waals surface area contributed by atoms with Crippen LogP contribution in [-0.2, 0) is 25.3 Å². The quantitative estimate of drug-likeness (QED) is 0.885. The van der Waals surface area contributed by atoms with Crippen molar-refractivity contribution in [2.75, 3.05) is 23.3 Å². The van der Waals surface area contributed by atoms with E-state index >= 15 is 0 Å². The monoisotopic (exact) mass is 370 g/mol. The molecule has 1 aromatic carbocycles. The summed E-state index contributed by atoms with van der Waals surface area (Å²) in [6.07, 6.45) is 2.53. The highest BCUT2D eigenvalue weighted by molar-refractivity contribution is 5.93. The second-order valence-electron chi connectivity index (χ2n) is 7.07. The van der Waals surface area contributed by atoms with Crippen molar-refractivity contribution in [3.8, 4) is 0 Å². The van der Waals surface area contributed by atoms with Gasteiger partial charge < -0.3 is 10.2 Å². The zero-order valence-corrected chi connectivity index (χ0v) is 16.1. The number of amides is 1. The Kier molecular flexibility index (Phi) is 5.48. The fourth-order valence-electron chi connectivity index (χ4n) is 3.54. The minimum absolute atomic E-state index is 0.0261. The molecule has 7 heteroatoms. The van der Waals surface area contributed by atoms with Crippen molar-refractivity contribution >= 4 is 17.4 Å². The molecular formula is C20H26N4O3. The van der Waals surface area contributed by atoms with Crippen LogP contribution >= 0.6 is 0 Å². The Hall–Kier alpha value is -2.83. The number of nitrogens with zero attached hydrogens (tertiary/aromatic N) is 3. The number of carbonyl (C=O) groups is 1. The van der Waals surface area contributed by atoms with Crippen molar-refractivity contribution < 1.29 is 4.79 Å². The summed E-state index contributed by atoms with van der Waals surface area (Å²) < 4.78 is 2.55. The molecule has 1 amide bonds. The molecule has 1 aliphatic rings. The summed E-state index contributed by atoms with van der Waals surface area (Å²) in [5.74, 6) is 0.346. The second kappa shape index (κ2) is 7.82. The Balaban J connectivity index is 1.77. The number of rotatable bonds is 4. The van der Waals surface area contributed by atoms with Gasteiger partial charge in [-0.2, -0.15) is 0 Å². The minimum atomic E-state index is -0.361. The molecule has 0 unspecified atom stereocenters. The minimum Gasteiger partial charge on any atom is -0.357 e. The van der Waals surface area contributed by atoms with Crippen molar-refractivity contribution in [3.63, 3.8) is 0 Å². The van der Waals surface area contributed by atoms with Crippen molar-refractivity contribution in [1.82, 2.24) is 9.13 Å².